The van der Waals surface area contributed by atoms with Crippen LogP contribution >= 0.6 is 0 Å². The standard InChI is InChI=1S/C25H32O11/c1-23(36-17(28)9-8-14-6-4-3-5-7-14)12-16(27)25(32)10-11-33-22(24(23,25)2)35-21-20(31)19(30)18(29)15(13-26)34-21/h3-11,15-16,18-22,26-27,29-32H,12-13H2,1-2H3/b9-8+/t15-,16-,18-,19+,20-,21+,22+,23+,24-,25-/m1/s1. The van der Waals surface area contributed by atoms with E-state index in [2.05, 4.69) is 0 Å². The molecule has 1 aromatic carbocycles. The lowest BCUT2D eigenvalue weighted by Gasteiger charge is -2.52. The highest BCUT2D eigenvalue weighted by Crippen LogP contribution is 2.60. The van der Waals surface area contributed by atoms with Gasteiger partial charge in [-0.05, 0) is 31.6 Å². The average Bonchev–Trinajstić information content (AvgIpc) is 3.01. The van der Waals surface area contributed by atoms with Crippen LogP contribution in [0.4, 0.5) is 0 Å². The average molecular weight is 509 g/mol. The van der Waals surface area contributed by atoms with Crippen molar-refractivity contribution in [1.29, 1.82) is 0 Å². The van der Waals surface area contributed by atoms with Crippen molar-refractivity contribution in [2.75, 3.05) is 6.61 Å². The third-order valence-electron chi connectivity index (χ3n) is 7.66. The molecule has 6 N–H and O–H groups in total. The van der Waals surface area contributed by atoms with Crippen LogP contribution in [0, 0.1) is 5.41 Å². The summed E-state index contributed by atoms with van der Waals surface area (Å²) in [7, 11) is 0. The van der Waals surface area contributed by atoms with Crippen LogP contribution in [0.25, 0.3) is 6.08 Å². The Labute approximate surface area is 207 Å². The number of hydrogen-bond donors (Lipinski definition) is 6. The summed E-state index contributed by atoms with van der Waals surface area (Å²) >= 11 is 0. The van der Waals surface area contributed by atoms with Gasteiger partial charge in [-0.2, -0.15) is 0 Å². The molecule has 11 heteroatoms. The zero-order valence-electron chi connectivity index (χ0n) is 19.9. The van der Waals surface area contributed by atoms with Crippen molar-refractivity contribution in [1.82, 2.24) is 0 Å². The molecule has 0 amide bonds. The van der Waals surface area contributed by atoms with E-state index in [0.29, 0.717) is 0 Å². The first-order valence-corrected chi connectivity index (χ1v) is 11.6. The van der Waals surface area contributed by atoms with Gasteiger partial charge in [0.1, 0.15) is 41.0 Å². The number of esters is 1. The minimum atomic E-state index is -1.97. The van der Waals surface area contributed by atoms with E-state index < -0.39 is 72.3 Å². The number of carbonyl (C=O) groups excluding carboxylic acids is 1. The number of benzene rings is 1. The molecule has 2 aliphatic heterocycles. The molecule has 0 bridgehead atoms. The predicted molar refractivity (Wildman–Crippen MR) is 123 cm³/mol. The van der Waals surface area contributed by atoms with Gasteiger partial charge in [-0.1, -0.05) is 30.3 Å². The van der Waals surface area contributed by atoms with E-state index in [0.717, 1.165) is 11.8 Å². The second kappa shape index (κ2) is 9.84. The Morgan fingerprint density at radius 2 is 1.81 bits per heavy atom. The highest BCUT2D eigenvalue weighted by atomic mass is 16.8. The molecule has 11 nitrogen and oxygen atoms in total. The Bertz CT molecular complexity index is 997. The highest BCUT2D eigenvalue weighted by molar-refractivity contribution is 5.87. The van der Waals surface area contributed by atoms with Crippen molar-refractivity contribution in [3.05, 3.63) is 54.3 Å². The van der Waals surface area contributed by atoms with Crippen LogP contribution in [-0.4, -0.2) is 97.5 Å². The van der Waals surface area contributed by atoms with Crippen LogP contribution in [0.5, 0.6) is 0 Å². The highest BCUT2D eigenvalue weighted by Gasteiger charge is 2.74. The van der Waals surface area contributed by atoms with Gasteiger partial charge in [-0.3, -0.25) is 0 Å². The van der Waals surface area contributed by atoms with E-state index in [9.17, 15) is 35.4 Å². The quantitative estimate of drug-likeness (QED) is 0.209. The van der Waals surface area contributed by atoms with Crippen molar-refractivity contribution in [2.24, 2.45) is 5.41 Å². The van der Waals surface area contributed by atoms with Crippen molar-refractivity contribution in [2.45, 2.75) is 74.6 Å². The molecule has 0 spiro atoms. The molecule has 4 rings (SSSR count). The number of fused-ring (bicyclic) bond motifs is 1. The SMILES string of the molecule is C[C@]12[C@H](O[C@@H]3O[C@H](CO)[C@@H](O)[C@H](O)[C@H]3O)OC=C[C@@]1(O)[C@H](O)C[C@]2(C)OC(=O)/C=C/c1ccccc1. The summed E-state index contributed by atoms with van der Waals surface area (Å²) in [5, 5.41) is 62.4. The van der Waals surface area contributed by atoms with Crippen LogP contribution in [0.3, 0.4) is 0 Å². The van der Waals surface area contributed by atoms with Gasteiger partial charge in [0, 0.05) is 12.5 Å². The predicted octanol–water partition coefficient (Wildman–Crippen LogP) is -0.810. The molecule has 1 saturated heterocycles. The van der Waals surface area contributed by atoms with E-state index >= 15 is 0 Å². The Morgan fingerprint density at radius 1 is 1.11 bits per heavy atom. The Balaban J connectivity index is 1.61. The molecule has 1 aliphatic carbocycles. The van der Waals surface area contributed by atoms with Gasteiger partial charge >= 0.3 is 5.97 Å². The van der Waals surface area contributed by atoms with Crippen molar-refractivity contribution in [3.8, 4) is 0 Å². The number of aliphatic hydroxyl groups excluding tert-OH is 5. The first-order valence-electron chi connectivity index (χ1n) is 11.6. The fourth-order valence-corrected chi connectivity index (χ4v) is 5.18. The van der Waals surface area contributed by atoms with Crippen molar-refractivity contribution < 1.29 is 54.4 Å². The van der Waals surface area contributed by atoms with Gasteiger partial charge in [0.25, 0.3) is 0 Å². The van der Waals surface area contributed by atoms with E-state index in [4.69, 9.17) is 18.9 Å². The normalized spacial score (nSPS) is 44.3. The molecule has 3 aliphatic rings. The van der Waals surface area contributed by atoms with Crippen LogP contribution < -0.4 is 0 Å². The molecular weight excluding hydrogens is 476 g/mol. The summed E-state index contributed by atoms with van der Waals surface area (Å²) in [5.41, 5.74) is -4.38. The monoisotopic (exact) mass is 508 g/mol. The summed E-state index contributed by atoms with van der Waals surface area (Å²) in [5.74, 6) is -0.736. The molecule has 1 aromatic rings. The smallest absolute Gasteiger partial charge is 0.331 e. The van der Waals surface area contributed by atoms with Crippen molar-refractivity contribution in [3.63, 3.8) is 0 Å². The second-order valence-corrected chi connectivity index (χ2v) is 9.75. The van der Waals surface area contributed by atoms with Gasteiger partial charge in [0.05, 0.1) is 19.0 Å². The van der Waals surface area contributed by atoms with Gasteiger partial charge in [-0.15, -0.1) is 0 Å². The summed E-state index contributed by atoms with van der Waals surface area (Å²) in [4.78, 5) is 12.8. The Morgan fingerprint density at radius 3 is 2.47 bits per heavy atom. The summed E-state index contributed by atoms with van der Waals surface area (Å²) in [6.45, 7) is 2.35. The largest absolute Gasteiger partial charge is 0.472 e. The maximum Gasteiger partial charge on any atom is 0.331 e. The lowest BCUT2D eigenvalue weighted by molar-refractivity contribution is -0.368. The fourth-order valence-electron chi connectivity index (χ4n) is 5.18. The van der Waals surface area contributed by atoms with Gasteiger partial charge < -0.3 is 49.6 Å². The van der Waals surface area contributed by atoms with E-state index in [1.54, 1.807) is 18.2 Å². The Hall–Kier alpha value is -2.35. The summed E-state index contributed by atoms with van der Waals surface area (Å²) in [6, 6.07) is 9.06. The topological polar surface area (TPSA) is 175 Å². The molecule has 36 heavy (non-hydrogen) atoms. The lowest BCUT2D eigenvalue weighted by atomic mass is 9.67. The van der Waals surface area contributed by atoms with Gasteiger partial charge in [0.2, 0.25) is 6.29 Å². The number of carbonyl (C=O) groups is 1. The number of hydrogen-bond acceptors (Lipinski definition) is 11. The molecule has 2 heterocycles. The van der Waals surface area contributed by atoms with Gasteiger partial charge in [-0.25, -0.2) is 4.79 Å². The van der Waals surface area contributed by atoms with Gasteiger partial charge in [0.15, 0.2) is 6.29 Å². The maximum absolute atomic E-state index is 12.8. The second-order valence-electron chi connectivity index (χ2n) is 9.75. The molecule has 198 valence electrons. The molecule has 1 saturated carbocycles. The van der Waals surface area contributed by atoms with E-state index in [1.165, 1.54) is 26.0 Å². The first-order chi connectivity index (χ1) is 17.0. The summed E-state index contributed by atoms with van der Waals surface area (Å²) < 4.78 is 22.6. The fraction of sp³-hybridized carbons (Fsp3) is 0.560. The van der Waals surface area contributed by atoms with Crippen molar-refractivity contribution >= 4 is 12.0 Å². The molecule has 0 radical (unpaired) electrons. The molecule has 0 aromatic heterocycles. The lowest BCUT2D eigenvalue weighted by Crippen LogP contribution is -2.66. The zero-order chi connectivity index (χ0) is 26.3. The zero-order valence-corrected chi connectivity index (χ0v) is 19.9. The van der Waals surface area contributed by atoms with E-state index in [-0.39, 0.29) is 6.42 Å². The van der Waals surface area contributed by atoms with E-state index in [1.807, 2.05) is 18.2 Å². The first kappa shape index (κ1) is 26.7. The summed E-state index contributed by atoms with van der Waals surface area (Å²) in [6.07, 6.45) is -5.72. The minimum Gasteiger partial charge on any atom is -0.472 e. The molecular formula is C25H32O11. The molecule has 2 fully saturated rings. The number of ether oxygens (including phenoxy) is 4. The van der Waals surface area contributed by atoms with Crippen LogP contribution in [0.1, 0.15) is 25.8 Å². The number of rotatable bonds is 6. The molecule has 0 unspecified atom stereocenters. The third-order valence-corrected chi connectivity index (χ3v) is 7.66. The molecule has 10 atom stereocenters. The van der Waals surface area contributed by atoms with Crippen LogP contribution in [-0.2, 0) is 23.7 Å². The minimum absolute atomic E-state index is 0.173. The third kappa shape index (κ3) is 4.25. The van der Waals surface area contributed by atoms with Crippen LogP contribution in [0.15, 0.2) is 48.7 Å². The number of aliphatic hydroxyl groups is 6. The maximum atomic E-state index is 12.8. The Kier molecular flexibility index (Phi) is 7.30. The van der Waals surface area contributed by atoms with Crippen LogP contribution in [0.2, 0.25) is 0 Å².